The summed E-state index contributed by atoms with van der Waals surface area (Å²) in [7, 11) is 3.37. The molecule has 0 saturated carbocycles. The molecule has 2 N–H and O–H groups in total. The Morgan fingerprint density at radius 2 is 2.13 bits per heavy atom. The van der Waals surface area contributed by atoms with Crippen LogP contribution in [-0.2, 0) is 9.53 Å². The van der Waals surface area contributed by atoms with Gasteiger partial charge in [-0.05, 0) is 19.1 Å². The Morgan fingerprint density at radius 3 is 2.57 bits per heavy atom. The Balaban J connectivity index is 0.000000322. The molecule has 1 aliphatic heterocycles. The Bertz CT molecular complexity index is 702. The summed E-state index contributed by atoms with van der Waals surface area (Å²) in [6.45, 7) is 4.76. The second-order valence-electron chi connectivity index (χ2n) is 5.05. The molecule has 0 radical (unpaired) electrons. The predicted octanol–water partition coefficient (Wildman–Crippen LogP) is -0.448. The third kappa shape index (κ3) is 5.04. The zero-order valence-electron chi connectivity index (χ0n) is 13.4. The fourth-order valence-corrected chi connectivity index (χ4v) is 1.71. The van der Waals surface area contributed by atoms with Crippen molar-refractivity contribution < 1.29 is 14.6 Å². The van der Waals surface area contributed by atoms with Gasteiger partial charge in [0, 0.05) is 25.9 Å². The first-order valence-corrected chi connectivity index (χ1v) is 6.90. The number of aromatic nitrogens is 2. The first kappa shape index (κ1) is 18.6. The Kier molecular flexibility index (Phi) is 6.67. The molecular formula is C15H21N3O5. The fourth-order valence-electron chi connectivity index (χ4n) is 1.71. The minimum Gasteiger partial charge on any atom is -0.393 e. The number of ether oxygens (including phenoxy) is 1. The molecule has 1 aromatic rings. The molecule has 0 bridgehead atoms. The second kappa shape index (κ2) is 8.25. The molecule has 1 amide bonds. The van der Waals surface area contributed by atoms with Gasteiger partial charge in [-0.15, -0.1) is 0 Å². The zero-order valence-corrected chi connectivity index (χ0v) is 13.4. The number of carbonyl (C=O) groups excluding carboxylic acids is 1. The first-order valence-electron chi connectivity index (χ1n) is 6.90. The molecule has 1 aromatic heterocycles. The third-order valence-corrected chi connectivity index (χ3v) is 3.02. The monoisotopic (exact) mass is 323 g/mol. The fraction of sp³-hybridized carbons (Fsp3) is 0.400. The van der Waals surface area contributed by atoms with Crippen molar-refractivity contribution in [3.05, 3.63) is 57.4 Å². The molecule has 1 aliphatic rings. The lowest BCUT2D eigenvalue weighted by Gasteiger charge is -2.14. The van der Waals surface area contributed by atoms with Crippen molar-refractivity contribution in [3.63, 3.8) is 0 Å². The predicted molar refractivity (Wildman–Crippen MR) is 85.1 cm³/mol. The van der Waals surface area contributed by atoms with E-state index in [1.807, 2.05) is 0 Å². The minimum atomic E-state index is -0.569. The highest BCUT2D eigenvalue weighted by Gasteiger charge is 2.20. The van der Waals surface area contributed by atoms with Crippen LogP contribution in [0, 0.1) is 6.92 Å². The van der Waals surface area contributed by atoms with Gasteiger partial charge < -0.3 is 14.7 Å². The quantitative estimate of drug-likeness (QED) is 0.579. The molecule has 2 heterocycles. The van der Waals surface area contributed by atoms with Crippen LogP contribution in [0.5, 0.6) is 0 Å². The summed E-state index contributed by atoms with van der Waals surface area (Å²) in [6.07, 6.45) is 5.09. The van der Waals surface area contributed by atoms with Crippen LogP contribution >= 0.6 is 0 Å². The number of aromatic amines is 1. The lowest BCUT2D eigenvalue weighted by molar-refractivity contribution is -0.123. The smallest absolute Gasteiger partial charge is 0.330 e. The molecule has 23 heavy (non-hydrogen) atoms. The molecule has 0 aliphatic carbocycles. The molecule has 0 spiro atoms. The SMILES string of the molecule is C=CC(=O)N(C)C.Cc1cn([C@H]2C=C[C@@H](CO)O2)c(=O)[nH]c1=O. The molecule has 0 fully saturated rings. The van der Waals surface area contributed by atoms with Gasteiger partial charge in [0.2, 0.25) is 5.91 Å². The van der Waals surface area contributed by atoms with Crippen molar-refractivity contribution in [2.75, 3.05) is 20.7 Å². The van der Waals surface area contributed by atoms with Crippen LogP contribution in [0.25, 0.3) is 0 Å². The summed E-state index contributed by atoms with van der Waals surface area (Å²) in [5.74, 6) is -0.0556. The molecule has 8 heteroatoms. The van der Waals surface area contributed by atoms with Crippen LogP contribution in [0.4, 0.5) is 0 Å². The van der Waals surface area contributed by atoms with Crippen LogP contribution in [0.15, 0.2) is 40.6 Å². The highest BCUT2D eigenvalue weighted by Crippen LogP contribution is 2.18. The minimum absolute atomic E-state index is 0.0556. The van der Waals surface area contributed by atoms with E-state index in [9.17, 15) is 14.4 Å². The molecular weight excluding hydrogens is 302 g/mol. The van der Waals surface area contributed by atoms with E-state index < -0.39 is 23.6 Å². The summed E-state index contributed by atoms with van der Waals surface area (Å²) in [6, 6.07) is 0. The molecule has 2 rings (SSSR count). The second-order valence-corrected chi connectivity index (χ2v) is 5.05. The lowest BCUT2D eigenvalue weighted by Crippen LogP contribution is -2.33. The van der Waals surface area contributed by atoms with Gasteiger partial charge in [0.15, 0.2) is 6.23 Å². The van der Waals surface area contributed by atoms with Crippen LogP contribution in [0.2, 0.25) is 0 Å². The number of hydrogen-bond acceptors (Lipinski definition) is 5. The van der Waals surface area contributed by atoms with Gasteiger partial charge >= 0.3 is 5.69 Å². The van der Waals surface area contributed by atoms with Crippen molar-refractivity contribution in [2.45, 2.75) is 19.3 Å². The van der Waals surface area contributed by atoms with E-state index >= 15 is 0 Å². The third-order valence-electron chi connectivity index (χ3n) is 3.02. The van der Waals surface area contributed by atoms with Crippen LogP contribution in [0.3, 0.4) is 0 Å². The summed E-state index contributed by atoms with van der Waals surface area (Å²) < 4.78 is 6.63. The standard InChI is InChI=1S/C10H12N2O4.C5H9NO/c1-6-4-12(10(15)11-9(6)14)8-3-2-7(5-13)16-8;1-4-5(7)6(2)3/h2-4,7-8,13H,5H2,1H3,(H,11,14,15);4H,1H2,2-3H3/t7-,8+;/m0./s1. The highest BCUT2D eigenvalue weighted by molar-refractivity contribution is 5.86. The topological polar surface area (TPSA) is 105 Å². The van der Waals surface area contributed by atoms with Gasteiger partial charge in [-0.3, -0.25) is 19.1 Å². The summed E-state index contributed by atoms with van der Waals surface area (Å²) in [5, 5.41) is 8.88. The molecule has 8 nitrogen and oxygen atoms in total. The molecule has 2 atom stereocenters. The largest absolute Gasteiger partial charge is 0.393 e. The van der Waals surface area contributed by atoms with Crippen molar-refractivity contribution in [1.29, 1.82) is 0 Å². The number of H-pyrrole nitrogens is 1. The van der Waals surface area contributed by atoms with Crippen molar-refractivity contribution in [1.82, 2.24) is 14.5 Å². The van der Waals surface area contributed by atoms with Crippen LogP contribution in [0.1, 0.15) is 11.8 Å². The number of nitrogens with one attached hydrogen (secondary N) is 1. The van der Waals surface area contributed by atoms with Crippen LogP contribution < -0.4 is 11.2 Å². The summed E-state index contributed by atoms with van der Waals surface area (Å²) in [5.41, 5.74) is -0.491. The van der Waals surface area contributed by atoms with Crippen molar-refractivity contribution >= 4 is 5.91 Å². The first-order chi connectivity index (χ1) is 10.8. The number of amides is 1. The normalized spacial score (nSPS) is 19.0. The van der Waals surface area contributed by atoms with Gasteiger partial charge in [0.1, 0.15) is 6.10 Å². The zero-order chi connectivity index (χ0) is 17.6. The number of likely N-dealkylation sites (N-methyl/N-ethyl adjacent to an activating group) is 1. The number of carbonyl (C=O) groups is 1. The maximum atomic E-state index is 11.5. The van der Waals surface area contributed by atoms with E-state index in [2.05, 4.69) is 11.6 Å². The maximum Gasteiger partial charge on any atom is 0.330 e. The van der Waals surface area contributed by atoms with Gasteiger partial charge in [0.05, 0.1) is 6.61 Å². The molecule has 0 unspecified atom stereocenters. The molecule has 0 saturated heterocycles. The van der Waals surface area contributed by atoms with E-state index in [-0.39, 0.29) is 12.5 Å². The van der Waals surface area contributed by atoms with Crippen molar-refractivity contribution in [2.24, 2.45) is 0 Å². The van der Waals surface area contributed by atoms with E-state index in [0.29, 0.717) is 5.56 Å². The molecule has 126 valence electrons. The van der Waals surface area contributed by atoms with E-state index in [0.717, 1.165) is 0 Å². The number of hydrogen-bond donors (Lipinski definition) is 2. The number of aliphatic hydroxyl groups is 1. The highest BCUT2D eigenvalue weighted by atomic mass is 16.5. The molecule has 0 aromatic carbocycles. The van der Waals surface area contributed by atoms with Gasteiger partial charge in [-0.2, -0.15) is 0 Å². The summed E-state index contributed by atoms with van der Waals surface area (Å²) >= 11 is 0. The number of rotatable bonds is 3. The van der Waals surface area contributed by atoms with E-state index in [1.54, 1.807) is 33.2 Å². The van der Waals surface area contributed by atoms with Gasteiger partial charge in [-0.25, -0.2) is 4.79 Å². The Labute approximate surface area is 133 Å². The lowest BCUT2D eigenvalue weighted by atomic mass is 10.3. The summed E-state index contributed by atoms with van der Waals surface area (Å²) in [4.78, 5) is 36.6. The maximum absolute atomic E-state index is 11.5. The van der Waals surface area contributed by atoms with Gasteiger partial charge in [0.25, 0.3) is 5.56 Å². The average molecular weight is 323 g/mol. The Morgan fingerprint density at radius 1 is 1.48 bits per heavy atom. The number of aryl methyl sites for hydroxylation is 1. The van der Waals surface area contributed by atoms with Crippen LogP contribution in [-0.4, -0.2) is 52.3 Å². The average Bonchev–Trinajstić information content (AvgIpc) is 2.99. The Hall–Kier alpha value is -2.45. The van der Waals surface area contributed by atoms with E-state index in [1.165, 1.54) is 21.7 Å². The number of nitrogens with zero attached hydrogens (tertiary/aromatic N) is 2. The number of aliphatic hydroxyl groups excluding tert-OH is 1. The van der Waals surface area contributed by atoms with Crippen molar-refractivity contribution in [3.8, 4) is 0 Å². The van der Waals surface area contributed by atoms with Gasteiger partial charge in [-0.1, -0.05) is 12.7 Å². The van der Waals surface area contributed by atoms with E-state index in [4.69, 9.17) is 9.84 Å².